The van der Waals surface area contributed by atoms with Crippen LogP contribution in [0.15, 0.2) is 59.1 Å². The van der Waals surface area contributed by atoms with Crippen molar-refractivity contribution in [2.24, 2.45) is 0 Å². The summed E-state index contributed by atoms with van der Waals surface area (Å²) in [4.78, 5) is 38.9. The summed E-state index contributed by atoms with van der Waals surface area (Å²) in [6.07, 6.45) is 2.96. The van der Waals surface area contributed by atoms with E-state index < -0.39 is 11.8 Å². The van der Waals surface area contributed by atoms with E-state index in [1.807, 2.05) is 31.2 Å². The molecule has 8 nitrogen and oxygen atoms in total. The first-order valence-corrected chi connectivity index (χ1v) is 11.9. The van der Waals surface area contributed by atoms with Gasteiger partial charge in [0.25, 0.3) is 17.7 Å². The Morgan fingerprint density at radius 2 is 1.89 bits per heavy atom. The van der Waals surface area contributed by atoms with Gasteiger partial charge >= 0.3 is 0 Å². The molecule has 182 valence electrons. The molecule has 1 heterocycles. The number of nitrogens with zero attached hydrogens (tertiary/aromatic N) is 1. The van der Waals surface area contributed by atoms with Gasteiger partial charge in [0.15, 0.2) is 23.2 Å². The molecular weight excluding hydrogens is 534 g/mol. The van der Waals surface area contributed by atoms with E-state index in [0.29, 0.717) is 33.8 Å². The lowest BCUT2D eigenvalue weighted by atomic mass is 10.1. The van der Waals surface area contributed by atoms with Crippen molar-refractivity contribution in [1.82, 2.24) is 10.2 Å². The van der Waals surface area contributed by atoms with Crippen molar-refractivity contribution in [3.63, 3.8) is 0 Å². The standard InChI is InChI=1S/C25H24BrN3O5S/c1-4-10-29-24(32)18(23(31)28-25(29)35)11-16-12-20(33-5-2)21(13-19(16)26)34-14-22(30)27-17-8-6-15(3)7-9-17/h4,6-9,11-13H,1,5,10,14H2,2-3H3,(H,27,30)(H,28,31,35)/b18-11+. The highest BCUT2D eigenvalue weighted by Gasteiger charge is 2.32. The number of ether oxygens (including phenoxy) is 2. The van der Waals surface area contributed by atoms with Gasteiger partial charge in [-0.3, -0.25) is 24.6 Å². The maximum Gasteiger partial charge on any atom is 0.265 e. The first-order chi connectivity index (χ1) is 16.7. The highest BCUT2D eigenvalue weighted by atomic mass is 79.9. The summed E-state index contributed by atoms with van der Waals surface area (Å²) < 4.78 is 11.9. The Kier molecular flexibility index (Phi) is 8.78. The fraction of sp³-hybridized carbons (Fsp3) is 0.200. The van der Waals surface area contributed by atoms with Gasteiger partial charge in [0, 0.05) is 16.7 Å². The van der Waals surface area contributed by atoms with Gasteiger partial charge in [-0.2, -0.15) is 0 Å². The minimum atomic E-state index is -0.599. The first-order valence-electron chi connectivity index (χ1n) is 10.7. The monoisotopic (exact) mass is 557 g/mol. The maximum atomic E-state index is 12.8. The summed E-state index contributed by atoms with van der Waals surface area (Å²) >= 11 is 8.52. The first kappa shape index (κ1) is 26.1. The molecule has 0 bridgehead atoms. The van der Waals surface area contributed by atoms with Gasteiger partial charge in [-0.25, -0.2) is 0 Å². The lowest BCUT2D eigenvalue weighted by molar-refractivity contribution is -0.128. The summed E-state index contributed by atoms with van der Waals surface area (Å²) in [5.41, 5.74) is 2.17. The second-order valence-corrected chi connectivity index (χ2v) is 8.72. The lowest BCUT2D eigenvalue weighted by Crippen LogP contribution is -2.53. The molecule has 10 heteroatoms. The number of carbonyl (C=O) groups is 3. The van der Waals surface area contributed by atoms with E-state index in [4.69, 9.17) is 21.7 Å². The summed E-state index contributed by atoms with van der Waals surface area (Å²) in [6, 6.07) is 10.7. The minimum absolute atomic E-state index is 0.0267. The Morgan fingerprint density at radius 1 is 1.20 bits per heavy atom. The topological polar surface area (TPSA) is 97.0 Å². The van der Waals surface area contributed by atoms with Crippen molar-refractivity contribution in [1.29, 1.82) is 0 Å². The SMILES string of the molecule is C=CCN1C(=O)/C(=C/c2cc(OCC)c(OCC(=O)Nc3ccc(C)cc3)cc2Br)C(=O)NC1=S. The molecule has 1 aliphatic heterocycles. The molecule has 0 saturated carbocycles. The predicted molar refractivity (Wildman–Crippen MR) is 141 cm³/mol. The summed E-state index contributed by atoms with van der Waals surface area (Å²) in [5, 5.41) is 5.30. The van der Waals surface area contributed by atoms with Crippen LogP contribution in [0, 0.1) is 6.92 Å². The van der Waals surface area contributed by atoms with E-state index in [2.05, 4.69) is 33.1 Å². The van der Waals surface area contributed by atoms with Gasteiger partial charge in [-0.05, 0) is 62.0 Å². The third-order valence-electron chi connectivity index (χ3n) is 4.85. The number of nitrogens with one attached hydrogen (secondary N) is 2. The molecule has 0 spiro atoms. The van der Waals surface area contributed by atoms with Crippen LogP contribution in [0.3, 0.4) is 0 Å². The van der Waals surface area contributed by atoms with E-state index in [0.717, 1.165) is 5.56 Å². The van der Waals surface area contributed by atoms with Crippen LogP contribution < -0.4 is 20.1 Å². The largest absolute Gasteiger partial charge is 0.490 e. The van der Waals surface area contributed by atoms with Crippen LogP contribution in [-0.2, 0) is 14.4 Å². The average molecular weight is 558 g/mol. The Morgan fingerprint density at radius 3 is 2.54 bits per heavy atom. The molecule has 0 aliphatic carbocycles. The molecule has 0 atom stereocenters. The normalized spacial score (nSPS) is 14.5. The lowest BCUT2D eigenvalue weighted by Gasteiger charge is -2.27. The highest BCUT2D eigenvalue weighted by Crippen LogP contribution is 2.35. The number of thiocarbonyl (C=S) groups is 1. The zero-order valence-electron chi connectivity index (χ0n) is 19.2. The molecular formula is C25H24BrN3O5S. The molecule has 1 saturated heterocycles. The number of amides is 3. The quantitative estimate of drug-likeness (QED) is 0.209. The molecule has 2 N–H and O–H groups in total. The van der Waals surface area contributed by atoms with Gasteiger partial charge in [0.1, 0.15) is 5.57 Å². The Labute approximate surface area is 217 Å². The zero-order chi connectivity index (χ0) is 25.5. The van der Waals surface area contributed by atoms with Crippen LogP contribution in [0.2, 0.25) is 0 Å². The van der Waals surface area contributed by atoms with Crippen LogP contribution in [0.5, 0.6) is 11.5 Å². The van der Waals surface area contributed by atoms with E-state index in [-0.39, 0.29) is 29.7 Å². The van der Waals surface area contributed by atoms with Crippen LogP contribution in [0.1, 0.15) is 18.1 Å². The van der Waals surface area contributed by atoms with Crippen molar-refractivity contribution in [2.45, 2.75) is 13.8 Å². The number of hydrogen-bond donors (Lipinski definition) is 2. The third-order valence-corrected chi connectivity index (χ3v) is 5.86. The van der Waals surface area contributed by atoms with Crippen LogP contribution in [0.25, 0.3) is 6.08 Å². The number of rotatable bonds is 9. The highest BCUT2D eigenvalue weighted by molar-refractivity contribution is 9.10. The summed E-state index contributed by atoms with van der Waals surface area (Å²) in [7, 11) is 0. The smallest absolute Gasteiger partial charge is 0.265 e. The van der Waals surface area contributed by atoms with Crippen molar-refractivity contribution in [2.75, 3.05) is 25.1 Å². The van der Waals surface area contributed by atoms with Gasteiger partial charge < -0.3 is 14.8 Å². The van der Waals surface area contributed by atoms with Crippen LogP contribution >= 0.6 is 28.1 Å². The van der Waals surface area contributed by atoms with E-state index >= 15 is 0 Å². The molecule has 0 radical (unpaired) electrons. The van der Waals surface area contributed by atoms with Crippen molar-refractivity contribution in [3.05, 3.63) is 70.2 Å². The number of benzene rings is 2. The zero-order valence-corrected chi connectivity index (χ0v) is 21.6. The molecule has 2 aromatic rings. The van der Waals surface area contributed by atoms with Crippen molar-refractivity contribution in [3.8, 4) is 11.5 Å². The molecule has 3 rings (SSSR count). The average Bonchev–Trinajstić information content (AvgIpc) is 2.81. The molecule has 0 aromatic heterocycles. The van der Waals surface area contributed by atoms with Crippen molar-refractivity contribution < 1.29 is 23.9 Å². The molecule has 0 unspecified atom stereocenters. The van der Waals surface area contributed by atoms with Gasteiger partial charge in [0.2, 0.25) is 0 Å². The molecule has 35 heavy (non-hydrogen) atoms. The summed E-state index contributed by atoms with van der Waals surface area (Å²) in [5.74, 6) is -0.780. The molecule has 1 aliphatic rings. The fourth-order valence-electron chi connectivity index (χ4n) is 3.16. The molecule has 2 aromatic carbocycles. The van der Waals surface area contributed by atoms with Crippen molar-refractivity contribution >= 4 is 62.7 Å². The van der Waals surface area contributed by atoms with Gasteiger partial charge in [0.05, 0.1) is 6.61 Å². The minimum Gasteiger partial charge on any atom is -0.490 e. The Hall–Kier alpha value is -3.50. The Bertz CT molecular complexity index is 1210. The second-order valence-electron chi connectivity index (χ2n) is 7.48. The number of hydrogen-bond acceptors (Lipinski definition) is 6. The number of carbonyl (C=O) groups excluding carboxylic acids is 3. The summed E-state index contributed by atoms with van der Waals surface area (Å²) in [6.45, 7) is 7.64. The van der Waals surface area contributed by atoms with Gasteiger partial charge in [-0.15, -0.1) is 6.58 Å². The van der Waals surface area contributed by atoms with E-state index in [9.17, 15) is 14.4 Å². The van der Waals surface area contributed by atoms with Crippen LogP contribution in [-0.4, -0.2) is 47.5 Å². The number of anilines is 1. The molecule has 3 amide bonds. The molecule has 1 fully saturated rings. The third kappa shape index (κ3) is 6.55. The number of halogens is 1. The van der Waals surface area contributed by atoms with E-state index in [1.165, 1.54) is 17.1 Å². The second kappa shape index (κ2) is 11.8. The Balaban J connectivity index is 1.82. The maximum absolute atomic E-state index is 12.8. The van der Waals surface area contributed by atoms with Gasteiger partial charge in [-0.1, -0.05) is 39.7 Å². The fourth-order valence-corrected chi connectivity index (χ4v) is 3.85. The predicted octanol–water partition coefficient (Wildman–Crippen LogP) is 3.99. The van der Waals surface area contributed by atoms with E-state index in [1.54, 1.807) is 19.1 Å². The number of aryl methyl sites for hydroxylation is 1. The van der Waals surface area contributed by atoms with Crippen LogP contribution in [0.4, 0.5) is 5.69 Å².